The molecule has 1 saturated carbocycles. The van der Waals surface area contributed by atoms with Gasteiger partial charge < -0.3 is 9.47 Å². The highest BCUT2D eigenvalue weighted by Crippen LogP contribution is 2.63. The third-order valence-corrected chi connectivity index (χ3v) is 6.23. The summed E-state index contributed by atoms with van der Waals surface area (Å²) in [5.41, 5.74) is 2.59. The molecule has 0 amide bonds. The van der Waals surface area contributed by atoms with Crippen LogP contribution in [0.3, 0.4) is 0 Å². The summed E-state index contributed by atoms with van der Waals surface area (Å²) in [6, 6.07) is 5.31. The summed E-state index contributed by atoms with van der Waals surface area (Å²) >= 11 is 6.27. The number of fused-ring (bicyclic) bond motifs is 6. The van der Waals surface area contributed by atoms with Gasteiger partial charge in [0.05, 0.1) is 0 Å². The number of hydrogen-bond acceptors (Lipinski definition) is 4. The summed E-state index contributed by atoms with van der Waals surface area (Å²) in [4.78, 5) is 24.8. The first kappa shape index (κ1) is 19.7. The maximum absolute atomic E-state index is 12.4. The van der Waals surface area contributed by atoms with Crippen molar-refractivity contribution in [3.63, 3.8) is 0 Å². The summed E-state index contributed by atoms with van der Waals surface area (Å²) in [7, 11) is 0. The molecule has 4 rings (SSSR count). The van der Waals surface area contributed by atoms with E-state index in [1.165, 1.54) is 0 Å². The topological polar surface area (TPSA) is 52.6 Å². The van der Waals surface area contributed by atoms with Gasteiger partial charge in [-0.2, -0.15) is 0 Å². The van der Waals surface area contributed by atoms with Crippen LogP contribution in [0.15, 0.2) is 42.5 Å². The lowest BCUT2D eigenvalue weighted by Crippen LogP contribution is -2.17. The molecule has 5 heteroatoms. The average Bonchev–Trinajstić information content (AvgIpc) is 3.21. The monoisotopic (exact) mass is 410 g/mol. The molecule has 0 saturated heterocycles. The van der Waals surface area contributed by atoms with E-state index in [4.69, 9.17) is 21.1 Å². The molecule has 2 aromatic rings. The van der Waals surface area contributed by atoms with E-state index in [1.54, 1.807) is 26.0 Å². The molecule has 2 aliphatic carbocycles. The lowest BCUT2D eigenvalue weighted by molar-refractivity contribution is -0.131. The van der Waals surface area contributed by atoms with E-state index in [0.29, 0.717) is 44.4 Å². The SMILES string of the molecule is C=C(C)C(=O)Oc1c2c(c(OC(=O)C(=C)C)c3ccc(Cl)cc13)C1CC2CC1C. The van der Waals surface area contributed by atoms with Gasteiger partial charge in [-0.1, -0.05) is 31.7 Å². The van der Waals surface area contributed by atoms with Crippen LogP contribution in [0, 0.1) is 5.92 Å². The van der Waals surface area contributed by atoms with Crippen LogP contribution in [0.4, 0.5) is 0 Å². The predicted octanol–water partition coefficient (Wildman–Crippen LogP) is 6.07. The molecule has 3 unspecified atom stereocenters. The molecule has 0 radical (unpaired) electrons. The van der Waals surface area contributed by atoms with E-state index in [1.807, 2.05) is 6.07 Å². The van der Waals surface area contributed by atoms with E-state index in [9.17, 15) is 9.59 Å². The summed E-state index contributed by atoms with van der Waals surface area (Å²) in [6.45, 7) is 12.9. The predicted molar refractivity (Wildman–Crippen MR) is 114 cm³/mol. The standard InChI is InChI=1S/C24H23ClO4/c1-11(2)23(26)28-21-16-7-6-15(25)10-18(16)22(29-24(27)12(3)4)19-14-8-13(5)17(9-14)20(19)21/h6-7,10,13-14,17H,1,3,8-9H2,2,4-5H3. The molecule has 2 aliphatic rings. The van der Waals surface area contributed by atoms with Crippen molar-refractivity contribution in [2.24, 2.45) is 5.92 Å². The Morgan fingerprint density at radius 3 is 2.14 bits per heavy atom. The fourth-order valence-corrected chi connectivity index (χ4v) is 4.85. The van der Waals surface area contributed by atoms with E-state index in [-0.39, 0.29) is 11.8 Å². The fourth-order valence-electron chi connectivity index (χ4n) is 4.68. The molecule has 150 valence electrons. The lowest BCUT2D eigenvalue weighted by atomic mass is 9.82. The van der Waals surface area contributed by atoms with Gasteiger partial charge in [-0.3, -0.25) is 0 Å². The summed E-state index contributed by atoms with van der Waals surface area (Å²) in [6.07, 6.45) is 1.96. The molecule has 0 N–H and O–H groups in total. The van der Waals surface area contributed by atoms with Gasteiger partial charge in [-0.15, -0.1) is 0 Å². The van der Waals surface area contributed by atoms with Gasteiger partial charge in [0.1, 0.15) is 11.5 Å². The third-order valence-electron chi connectivity index (χ3n) is 6.00. The molecular formula is C24H23ClO4. The zero-order chi connectivity index (χ0) is 21.0. The van der Waals surface area contributed by atoms with Crippen molar-refractivity contribution >= 4 is 34.3 Å². The van der Waals surface area contributed by atoms with Crippen LogP contribution in [0.25, 0.3) is 10.8 Å². The number of halogens is 1. The molecule has 0 aliphatic heterocycles. The molecule has 2 bridgehead atoms. The Kier molecular flexibility index (Phi) is 4.78. The fraction of sp³-hybridized carbons (Fsp3) is 0.333. The Labute approximate surface area is 175 Å². The van der Waals surface area contributed by atoms with Crippen molar-refractivity contribution in [1.82, 2.24) is 0 Å². The summed E-state index contributed by atoms with van der Waals surface area (Å²) in [5.74, 6) is 1.08. The zero-order valence-electron chi connectivity index (χ0n) is 16.8. The minimum Gasteiger partial charge on any atom is -0.422 e. The quantitative estimate of drug-likeness (QED) is 0.349. The van der Waals surface area contributed by atoms with E-state index >= 15 is 0 Å². The highest BCUT2D eigenvalue weighted by Gasteiger charge is 2.47. The van der Waals surface area contributed by atoms with Crippen LogP contribution in [0.2, 0.25) is 5.02 Å². The van der Waals surface area contributed by atoms with Crippen LogP contribution in [-0.4, -0.2) is 11.9 Å². The molecule has 3 atom stereocenters. The van der Waals surface area contributed by atoms with Gasteiger partial charge in [0.2, 0.25) is 0 Å². The molecule has 1 fully saturated rings. The number of rotatable bonds is 4. The van der Waals surface area contributed by atoms with Crippen molar-refractivity contribution in [3.05, 3.63) is 58.7 Å². The average molecular weight is 411 g/mol. The Morgan fingerprint density at radius 2 is 1.55 bits per heavy atom. The maximum Gasteiger partial charge on any atom is 0.338 e. The maximum atomic E-state index is 12.4. The number of carbonyl (C=O) groups excluding carboxylic acids is 2. The van der Waals surface area contributed by atoms with Crippen molar-refractivity contribution in [1.29, 1.82) is 0 Å². The first-order valence-corrected chi connectivity index (χ1v) is 10.1. The molecule has 0 aromatic heterocycles. The summed E-state index contributed by atoms with van der Waals surface area (Å²) in [5, 5.41) is 1.88. The van der Waals surface area contributed by atoms with Gasteiger partial charge in [-0.25, -0.2) is 9.59 Å². The number of hydrogen-bond donors (Lipinski definition) is 0. The number of benzene rings is 2. The highest BCUT2D eigenvalue weighted by atomic mass is 35.5. The Bertz CT molecular complexity index is 1100. The molecule has 4 nitrogen and oxygen atoms in total. The Balaban J connectivity index is 2.03. The Hall–Kier alpha value is -2.59. The lowest BCUT2D eigenvalue weighted by Gasteiger charge is -2.27. The number of ether oxygens (including phenoxy) is 2. The van der Waals surface area contributed by atoms with Crippen molar-refractivity contribution in [3.8, 4) is 11.5 Å². The van der Waals surface area contributed by atoms with E-state index in [0.717, 1.165) is 24.0 Å². The second-order valence-corrected chi connectivity index (χ2v) is 8.70. The first-order chi connectivity index (χ1) is 13.7. The van der Waals surface area contributed by atoms with Gasteiger partial charge in [0.25, 0.3) is 0 Å². The second kappa shape index (κ2) is 7.03. The van der Waals surface area contributed by atoms with Crippen LogP contribution in [0.1, 0.15) is 56.6 Å². The van der Waals surface area contributed by atoms with Gasteiger partial charge in [0.15, 0.2) is 0 Å². The van der Waals surface area contributed by atoms with E-state index < -0.39 is 11.9 Å². The van der Waals surface area contributed by atoms with Crippen molar-refractivity contribution in [2.45, 2.75) is 45.4 Å². The third kappa shape index (κ3) is 3.16. The molecule has 0 heterocycles. The van der Waals surface area contributed by atoms with Crippen molar-refractivity contribution < 1.29 is 19.1 Å². The highest BCUT2D eigenvalue weighted by molar-refractivity contribution is 6.31. The largest absolute Gasteiger partial charge is 0.422 e. The smallest absolute Gasteiger partial charge is 0.338 e. The van der Waals surface area contributed by atoms with Crippen molar-refractivity contribution in [2.75, 3.05) is 0 Å². The first-order valence-electron chi connectivity index (χ1n) is 9.73. The molecule has 0 spiro atoms. The summed E-state index contributed by atoms with van der Waals surface area (Å²) < 4.78 is 11.7. The molecular weight excluding hydrogens is 388 g/mol. The minimum atomic E-state index is -0.476. The molecule has 2 aromatic carbocycles. The van der Waals surface area contributed by atoms with Gasteiger partial charge in [-0.05, 0) is 62.6 Å². The number of carbonyl (C=O) groups is 2. The second-order valence-electron chi connectivity index (χ2n) is 8.27. The van der Waals surface area contributed by atoms with Crippen LogP contribution in [-0.2, 0) is 9.59 Å². The van der Waals surface area contributed by atoms with E-state index in [2.05, 4.69) is 20.1 Å². The van der Waals surface area contributed by atoms with Crippen LogP contribution >= 0.6 is 11.6 Å². The Morgan fingerprint density at radius 1 is 0.966 bits per heavy atom. The van der Waals surface area contributed by atoms with Crippen LogP contribution < -0.4 is 9.47 Å². The minimum absolute atomic E-state index is 0.253. The zero-order valence-corrected chi connectivity index (χ0v) is 17.6. The number of esters is 2. The van der Waals surface area contributed by atoms with Crippen LogP contribution in [0.5, 0.6) is 11.5 Å². The molecule has 29 heavy (non-hydrogen) atoms. The van der Waals surface area contributed by atoms with Gasteiger partial charge >= 0.3 is 11.9 Å². The normalized spacial score (nSPS) is 21.7. The van der Waals surface area contributed by atoms with Gasteiger partial charge in [0, 0.05) is 38.1 Å².